The predicted octanol–water partition coefficient (Wildman–Crippen LogP) is 2.59. The first kappa shape index (κ1) is 14.3. The van der Waals surface area contributed by atoms with Crippen LogP contribution in [0.5, 0.6) is 11.9 Å². The highest BCUT2D eigenvalue weighted by molar-refractivity contribution is 7.08. The van der Waals surface area contributed by atoms with Crippen LogP contribution in [0.4, 0.5) is 5.69 Å². The fourth-order valence-corrected chi connectivity index (χ4v) is 2.11. The van der Waals surface area contributed by atoms with Gasteiger partial charge in [0.2, 0.25) is 5.88 Å². The Hall–Kier alpha value is -2.15. The molecule has 7 heteroatoms. The minimum Gasteiger partial charge on any atom is -0.476 e. The van der Waals surface area contributed by atoms with Crippen molar-refractivity contribution in [1.82, 2.24) is 9.97 Å². The Labute approximate surface area is 120 Å². The summed E-state index contributed by atoms with van der Waals surface area (Å²) in [6.45, 7) is 4.58. The Morgan fingerprint density at radius 3 is 2.80 bits per heavy atom. The zero-order valence-electron chi connectivity index (χ0n) is 11.3. The van der Waals surface area contributed by atoms with Gasteiger partial charge in [-0.05, 0) is 25.3 Å². The highest BCUT2D eigenvalue weighted by Crippen LogP contribution is 2.24. The molecule has 2 aromatic rings. The molecule has 0 radical (unpaired) electrons. The van der Waals surface area contributed by atoms with Gasteiger partial charge in [0, 0.05) is 5.38 Å². The number of hydrogen-bond donors (Lipinski definition) is 1. The summed E-state index contributed by atoms with van der Waals surface area (Å²) in [5.41, 5.74) is 1.01. The minimum atomic E-state index is -0.222. The molecule has 0 fully saturated rings. The van der Waals surface area contributed by atoms with Crippen molar-refractivity contribution >= 4 is 22.9 Å². The van der Waals surface area contributed by atoms with E-state index in [-0.39, 0.29) is 11.9 Å². The van der Waals surface area contributed by atoms with Crippen LogP contribution >= 0.6 is 11.3 Å². The molecule has 0 aromatic carbocycles. The molecule has 0 aliphatic heterocycles. The number of ether oxygens (including phenoxy) is 2. The molecule has 0 aliphatic rings. The Morgan fingerprint density at radius 1 is 1.35 bits per heavy atom. The van der Waals surface area contributed by atoms with Crippen molar-refractivity contribution in [3.8, 4) is 11.9 Å². The van der Waals surface area contributed by atoms with Gasteiger partial charge in [-0.25, -0.2) is 4.98 Å². The lowest BCUT2D eigenvalue weighted by Gasteiger charge is -2.10. The van der Waals surface area contributed by atoms with Gasteiger partial charge in [-0.3, -0.25) is 4.79 Å². The maximum absolute atomic E-state index is 12.0. The first-order valence-electron chi connectivity index (χ1n) is 6.20. The number of thiophene rings is 1. The molecule has 2 heterocycles. The number of rotatable bonds is 6. The van der Waals surface area contributed by atoms with Gasteiger partial charge >= 0.3 is 6.01 Å². The number of nitrogens with one attached hydrogen (secondary N) is 1. The summed E-state index contributed by atoms with van der Waals surface area (Å²) in [4.78, 5) is 20.1. The van der Waals surface area contributed by atoms with Crippen molar-refractivity contribution in [2.24, 2.45) is 0 Å². The summed E-state index contributed by atoms with van der Waals surface area (Å²) < 4.78 is 10.6. The molecule has 2 rings (SSSR count). The first-order valence-corrected chi connectivity index (χ1v) is 7.15. The number of amides is 1. The quantitative estimate of drug-likeness (QED) is 0.886. The number of carbonyl (C=O) groups is 1. The molecule has 2 aromatic heterocycles. The predicted molar refractivity (Wildman–Crippen MR) is 76.6 cm³/mol. The Morgan fingerprint density at radius 2 is 2.15 bits per heavy atom. The van der Waals surface area contributed by atoms with Crippen LogP contribution < -0.4 is 14.8 Å². The van der Waals surface area contributed by atoms with Crippen molar-refractivity contribution in [2.75, 3.05) is 18.5 Å². The summed E-state index contributed by atoms with van der Waals surface area (Å²) >= 11 is 1.46. The second kappa shape index (κ2) is 6.85. The van der Waals surface area contributed by atoms with E-state index in [4.69, 9.17) is 9.47 Å². The molecule has 0 saturated carbocycles. The fraction of sp³-hybridized carbons (Fsp3) is 0.308. The van der Waals surface area contributed by atoms with E-state index in [9.17, 15) is 4.79 Å². The van der Waals surface area contributed by atoms with E-state index < -0.39 is 0 Å². The van der Waals surface area contributed by atoms with Gasteiger partial charge in [0.25, 0.3) is 5.91 Å². The molecule has 0 unspecified atom stereocenters. The average molecular weight is 293 g/mol. The number of carbonyl (C=O) groups excluding carboxylic acids is 1. The highest BCUT2D eigenvalue weighted by atomic mass is 32.1. The zero-order chi connectivity index (χ0) is 14.4. The molecule has 1 N–H and O–H groups in total. The van der Waals surface area contributed by atoms with Crippen molar-refractivity contribution in [3.63, 3.8) is 0 Å². The molecule has 106 valence electrons. The molecule has 6 nitrogen and oxygen atoms in total. The number of hydrogen-bond acceptors (Lipinski definition) is 6. The fourth-order valence-electron chi connectivity index (χ4n) is 1.47. The van der Waals surface area contributed by atoms with Crippen molar-refractivity contribution in [1.29, 1.82) is 0 Å². The van der Waals surface area contributed by atoms with Crippen LogP contribution in [-0.4, -0.2) is 29.1 Å². The van der Waals surface area contributed by atoms with E-state index >= 15 is 0 Å². The minimum absolute atomic E-state index is 0.222. The third-order valence-corrected chi connectivity index (χ3v) is 3.00. The van der Waals surface area contributed by atoms with E-state index in [0.29, 0.717) is 30.3 Å². The van der Waals surface area contributed by atoms with Gasteiger partial charge in [0.1, 0.15) is 5.69 Å². The third kappa shape index (κ3) is 3.45. The summed E-state index contributed by atoms with van der Waals surface area (Å²) in [5, 5.41) is 6.34. The van der Waals surface area contributed by atoms with Gasteiger partial charge in [-0.1, -0.05) is 0 Å². The van der Waals surface area contributed by atoms with Crippen LogP contribution in [0.3, 0.4) is 0 Å². The average Bonchev–Trinajstić information content (AvgIpc) is 2.96. The molecule has 20 heavy (non-hydrogen) atoms. The smallest absolute Gasteiger partial charge is 0.319 e. The Balaban J connectivity index is 2.19. The van der Waals surface area contributed by atoms with Gasteiger partial charge in [-0.15, -0.1) is 0 Å². The summed E-state index contributed by atoms with van der Waals surface area (Å²) in [6, 6.07) is 1.97. The standard InChI is InChI=1S/C13H15N3O3S/c1-3-18-12-10(7-14-13(16-12)19-4-2)15-11(17)9-5-6-20-8-9/h5-8H,3-4H2,1-2H3,(H,15,17). The number of aromatic nitrogens is 2. The van der Waals surface area contributed by atoms with Gasteiger partial charge in [-0.2, -0.15) is 16.3 Å². The molecule has 0 aliphatic carbocycles. The molecule has 0 bridgehead atoms. The highest BCUT2D eigenvalue weighted by Gasteiger charge is 2.13. The lowest BCUT2D eigenvalue weighted by atomic mass is 10.3. The van der Waals surface area contributed by atoms with Crippen LogP contribution in [0.1, 0.15) is 24.2 Å². The second-order valence-corrected chi connectivity index (χ2v) is 4.48. The monoisotopic (exact) mass is 293 g/mol. The van der Waals surface area contributed by atoms with Crippen molar-refractivity contribution in [3.05, 3.63) is 28.6 Å². The van der Waals surface area contributed by atoms with Crippen molar-refractivity contribution in [2.45, 2.75) is 13.8 Å². The lowest BCUT2D eigenvalue weighted by molar-refractivity contribution is 0.102. The summed E-state index contributed by atoms with van der Waals surface area (Å²) in [7, 11) is 0. The topological polar surface area (TPSA) is 73.3 Å². The normalized spacial score (nSPS) is 10.1. The molecular formula is C13H15N3O3S. The van der Waals surface area contributed by atoms with E-state index in [1.54, 1.807) is 11.4 Å². The van der Waals surface area contributed by atoms with E-state index in [1.165, 1.54) is 17.5 Å². The zero-order valence-corrected chi connectivity index (χ0v) is 12.1. The molecule has 1 amide bonds. The van der Waals surface area contributed by atoms with Crippen molar-refractivity contribution < 1.29 is 14.3 Å². The molecule has 0 spiro atoms. The van der Waals surface area contributed by atoms with E-state index in [2.05, 4.69) is 15.3 Å². The maximum atomic E-state index is 12.0. The maximum Gasteiger partial charge on any atom is 0.319 e. The van der Waals surface area contributed by atoms with Gasteiger partial charge < -0.3 is 14.8 Å². The first-order chi connectivity index (χ1) is 9.74. The largest absolute Gasteiger partial charge is 0.476 e. The van der Waals surface area contributed by atoms with E-state index in [0.717, 1.165) is 0 Å². The lowest BCUT2D eigenvalue weighted by Crippen LogP contribution is -2.13. The number of anilines is 1. The second-order valence-electron chi connectivity index (χ2n) is 3.70. The molecule has 0 saturated heterocycles. The SMILES string of the molecule is CCOc1ncc(NC(=O)c2ccsc2)c(OCC)n1. The number of nitrogens with zero attached hydrogens (tertiary/aromatic N) is 2. The van der Waals surface area contributed by atoms with Crippen LogP contribution in [-0.2, 0) is 0 Å². The van der Waals surface area contributed by atoms with E-state index in [1.807, 2.05) is 19.2 Å². The molecular weight excluding hydrogens is 278 g/mol. The Bertz CT molecular complexity index is 572. The summed E-state index contributed by atoms with van der Waals surface area (Å²) in [5.74, 6) is 0.0782. The Kier molecular flexibility index (Phi) is 4.89. The van der Waals surface area contributed by atoms with Crippen LogP contribution in [0.25, 0.3) is 0 Å². The molecule has 0 atom stereocenters. The third-order valence-electron chi connectivity index (χ3n) is 2.32. The van der Waals surface area contributed by atoms with Gasteiger partial charge in [0.05, 0.1) is 25.0 Å². The van der Waals surface area contributed by atoms with Gasteiger partial charge in [0.15, 0.2) is 0 Å². The van der Waals surface area contributed by atoms with Crippen LogP contribution in [0, 0.1) is 0 Å². The summed E-state index contributed by atoms with van der Waals surface area (Å²) in [6.07, 6.45) is 1.48. The van der Waals surface area contributed by atoms with Crippen LogP contribution in [0.2, 0.25) is 0 Å². The van der Waals surface area contributed by atoms with Crippen LogP contribution in [0.15, 0.2) is 23.0 Å².